The van der Waals surface area contributed by atoms with E-state index >= 15 is 0 Å². The van der Waals surface area contributed by atoms with Crippen LogP contribution in [0.2, 0.25) is 0 Å². The van der Waals surface area contributed by atoms with E-state index in [0.29, 0.717) is 23.4 Å². The summed E-state index contributed by atoms with van der Waals surface area (Å²) in [4.78, 5) is 2.58. The van der Waals surface area contributed by atoms with Crippen molar-refractivity contribution in [1.82, 2.24) is 4.90 Å². The molecule has 168 valence electrons. The number of hydrogen-bond donors (Lipinski definition) is 2. The number of fused-ring (bicyclic) bond motifs is 1. The zero-order chi connectivity index (χ0) is 21.6. The van der Waals surface area contributed by atoms with Gasteiger partial charge in [0.1, 0.15) is 0 Å². The first-order chi connectivity index (χ1) is 14.1. The Bertz CT molecular complexity index is 849. The molecule has 30 heavy (non-hydrogen) atoms. The van der Waals surface area contributed by atoms with E-state index < -0.39 is 15.6 Å². The Balaban J connectivity index is 1.37. The molecule has 1 aliphatic heterocycles. The van der Waals surface area contributed by atoms with E-state index in [9.17, 15) is 13.5 Å². The summed E-state index contributed by atoms with van der Waals surface area (Å²) in [6, 6.07) is 8.03. The second-order valence-corrected chi connectivity index (χ2v) is 12.2. The van der Waals surface area contributed by atoms with E-state index in [1.165, 1.54) is 31.1 Å². The lowest BCUT2D eigenvalue weighted by Gasteiger charge is -2.34. The maximum Gasteiger partial charge on any atom is 0.229 e. The van der Waals surface area contributed by atoms with Gasteiger partial charge < -0.3 is 10.0 Å². The van der Waals surface area contributed by atoms with Crippen LogP contribution in [0.4, 0.5) is 5.69 Å². The number of aliphatic hydroxyl groups is 1. The quantitative estimate of drug-likeness (QED) is 0.649. The first-order valence-electron chi connectivity index (χ1n) is 11.7. The Kier molecular flexibility index (Phi) is 5.97. The number of nitrogens with zero attached hydrogens (tertiary/aromatic N) is 1. The predicted molar refractivity (Wildman–Crippen MR) is 122 cm³/mol. The molecule has 1 aromatic rings. The summed E-state index contributed by atoms with van der Waals surface area (Å²) in [5.74, 6) is 1.80. The molecule has 2 unspecified atom stereocenters. The Morgan fingerprint density at radius 2 is 1.83 bits per heavy atom. The summed E-state index contributed by atoms with van der Waals surface area (Å²) in [6.07, 6.45) is 8.80. The molecule has 1 heterocycles. The van der Waals surface area contributed by atoms with Crippen molar-refractivity contribution in [3.8, 4) is 0 Å². The minimum Gasteiger partial charge on any atom is -0.390 e. The van der Waals surface area contributed by atoms with Crippen LogP contribution in [-0.2, 0) is 15.4 Å². The van der Waals surface area contributed by atoms with Gasteiger partial charge in [-0.05, 0) is 67.7 Å². The first-order valence-corrected chi connectivity index (χ1v) is 13.6. The van der Waals surface area contributed by atoms with Crippen molar-refractivity contribution < 1.29 is 13.5 Å². The van der Waals surface area contributed by atoms with Gasteiger partial charge in [0.2, 0.25) is 10.0 Å². The van der Waals surface area contributed by atoms with Gasteiger partial charge in [-0.2, -0.15) is 0 Å². The van der Waals surface area contributed by atoms with Crippen LogP contribution in [0, 0.1) is 17.8 Å². The summed E-state index contributed by atoms with van der Waals surface area (Å²) in [7, 11) is -3.27. The summed E-state index contributed by atoms with van der Waals surface area (Å²) < 4.78 is 25.9. The van der Waals surface area contributed by atoms with Gasteiger partial charge >= 0.3 is 0 Å². The lowest BCUT2D eigenvalue weighted by molar-refractivity contribution is -0.00725. The number of sulfonamides is 1. The Morgan fingerprint density at radius 1 is 1.17 bits per heavy atom. The lowest BCUT2D eigenvalue weighted by atomic mass is 9.80. The maximum absolute atomic E-state index is 11.7. The molecule has 3 aliphatic rings. The summed E-state index contributed by atoms with van der Waals surface area (Å²) in [5.41, 5.74) is 1.69. The zero-order valence-electron chi connectivity index (χ0n) is 18.7. The number of hydrogen-bond acceptors (Lipinski definition) is 4. The fraction of sp³-hybridized carbons (Fsp3) is 0.750. The highest BCUT2D eigenvalue weighted by atomic mass is 32.2. The van der Waals surface area contributed by atoms with Gasteiger partial charge in [0.05, 0.1) is 11.9 Å². The monoisotopic (exact) mass is 434 g/mol. The Morgan fingerprint density at radius 3 is 2.43 bits per heavy atom. The molecule has 3 fully saturated rings. The molecule has 2 saturated carbocycles. The molecule has 2 aliphatic carbocycles. The van der Waals surface area contributed by atoms with Crippen LogP contribution in [-0.4, -0.2) is 49.9 Å². The third-order valence-electron chi connectivity index (χ3n) is 8.04. The van der Waals surface area contributed by atoms with Gasteiger partial charge in [-0.25, -0.2) is 8.42 Å². The standard InChI is InChI=1S/C24H38N2O3S/c1-18(2)24(19-9-7-10-20(15-19)25-30(3,28)29)21-16-26(17-22(21)24)14-8-13-23(27)11-5-4-6-12-23/h7,9-10,15,18,21-22,25,27H,4-6,8,11-14,16-17H2,1-3H3. The molecule has 0 spiro atoms. The Labute approximate surface area is 182 Å². The maximum atomic E-state index is 11.7. The number of likely N-dealkylation sites (tertiary alicyclic amines) is 1. The molecular weight excluding hydrogens is 396 g/mol. The van der Waals surface area contributed by atoms with Gasteiger partial charge in [0.15, 0.2) is 0 Å². The van der Waals surface area contributed by atoms with E-state index in [1.54, 1.807) is 0 Å². The molecule has 6 heteroatoms. The average Bonchev–Trinajstić information content (AvgIpc) is 3.07. The van der Waals surface area contributed by atoms with Crippen LogP contribution in [0.5, 0.6) is 0 Å². The molecule has 0 aromatic heterocycles. The van der Waals surface area contributed by atoms with E-state index in [4.69, 9.17) is 0 Å². The minimum atomic E-state index is -3.27. The van der Waals surface area contributed by atoms with E-state index in [-0.39, 0.29) is 5.41 Å². The van der Waals surface area contributed by atoms with Crippen molar-refractivity contribution >= 4 is 15.7 Å². The van der Waals surface area contributed by atoms with Crippen molar-refractivity contribution in [2.24, 2.45) is 17.8 Å². The normalized spacial score (nSPS) is 31.0. The molecule has 0 bridgehead atoms. The predicted octanol–water partition coefficient (Wildman–Crippen LogP) is 3.99. The molecule has 4 rings (SSSR count). The van der Waals surface area contributed by atoms with Crippen molar-refractivity contribution in [3.63, 3.8) is 0 Å². The van der Waals surface area contributed by atoms with Crippen molar-refractivity contribution in [1.29, 1.82) is 0 Å². The zero-order valence-corrected chi connectivity index (χ0v) is 19.5. The SMILES string of the molecule is CC(C)C1(c2cccc(NS(C)(=O)=O)c2)C2CN(CCCC3(O)CCCCC3)CC21. The van der Waals surface area contributed by atoms with Crippen LogP contribution in [0.3, 0.4) is 0 Å². The van der Waals surface area contributed by atoms with Crippen molar-refractivity contribution in [2.75, 3.05) is 30.6 Å². The van der Waals surface area contributed by atoms with Crippen LogP contribution < -0.4 is 4.72 Å². The van der Waals surface area contributed by atoms with E-state index in [1.807, 2.05) is 18.2 Å². The van der Waals surface area contributed by atoms with Crippen LogP contribution in [0.25, 0.3) is 0 Å². The van der Waals surface area contributed by atoms with Crippen molar-refractivity contribution in [3.05, 3.63) is 29.8 Å². The van der Waals surface area contributed by atoms with Crippen LogP contribution in [0.1, 0.15) is 64.4 Å². The first kappa shape index (κ1) is 22.1. The summed E-state index contributed by atoms with van der Waals surface area (Å²) in [5, 5.41) is 10.7. The topological polar surface area (TPSA) is 69.6 Å². The van der Waals surface area contributed by atoms with Crippen LogP contribution >= 0.6 is 0 Å². The van der Waals surface area contributed by atoms with Gasteiger partial charge in [0.25, 0.3) is 0 Å². The second kappa shape index (κ2) is 8.10. The van der Waals surface area contributed by atoms with E-state index in [0.717, 1.165) is 45.3 Å². The molecule has 2 atom stereocenters. The number of rotatable bonds is 8. The Hall–Kier alpha value is -1.11. The van der Waals surface area contributed by atoms with E-state index in [2.05, 4.69) is 29.5 Å². The molecule has 1 saturated heterocycles. The number of anilines is 1. The molecule has 0 amide bonds. The van der Waals surface area contributed by atoms with Gasteiger partial charge in [-0.1, -0.05) is 45.2 Å². The van der Waals surface area contributed by atoms with Crippen molar-refractivity contribution in [2.45, 2.75) is 69.8 Å². The smallest absolute Gasteiger partial charge is 0.229 e. The third-order valence-corrected chi connectivity index (χ3v) is 8.64. The fourth-order valence-electron chi connectivity index (χ4n) is 6.71. The average molecular weight is 435 g/mol. The second-order valence-electron chi connectivity index (χ2n) is 10.4. The third kappa shape index (κ3) is 4.28. The number of piperidine rings is 1. The molecule has 0 radical (unpaired) electrons. The molecule has 5 nitrogen and oxygen atoms in total. The molecular formula is C24H38N2O3S. The highest BCUT2D eigenvalue weighted by molar-refractivity contribution is 7.92. The number of benzene rings is 1. The summed E-state index contributed by atoms with van der Waals surface area (Å²) >= 11 is 0. The fourth-order valence-corrected chi connectivity index (χ4v) is 7.26. The lowest BCUT2D eigenvalue weighted by Crippen LogP contribution is -2.36. The minimum absolute atomic E-state index is 0.160. The highest BCUT2D eigenvalue weighted by Gasteiger charge is 2.69. The largest absolute Gasteiger partial charge is 0.390 e. The van der Waals surface area contributed by atoms with Gasteiger partial charge in [-0.15, -0.1) is 0 Å². The highest BCUT2D eigenvalue weighted by Crippen LogP contribution is 2.67. The van der Waals surface area contributed by atoms with Crippen LogP contribution in [0.15, 0.2) is 24.3 Å². The molecule has 2 N–H and O–H groups in total. The van der Waals surface area contributed by atoms with Gasteiger partial charge in [0, 0.05) is 24.2 Å². The summed E-state index contributed by atoms with van der Waals surface area (Å²) in [6.45, 7) is 7.92. The molecule has 1 aromatic carbocycles. The van der Waals surface area contributed by atoms with Gasteiger partial charge in [-0.3, -0.25) is 4.72 Å². The number of nitrogens with one attached hydrogen (secondary N) is 1.